The van der Waals surface area contributed by atoms with Crippen molar-refractivity contribution in [3.05, 3.63) is 97.2 Å². The molecule has 0 N–H and O–H groups in total. The van der Waals surface area contributed by atoms with Crippen molar-refractivity contribution in [1.82, 2.24) is 0 Å². The van der Waals surface area contributed by atoms with E-state index < -0.39 is 18.1 Å². The zero-order chi connectivity index (χ0) is 43.5. The molecular formula is C51H83NO7. The van der Waals surface area contributed by atoms with Crippen LogP contribution in [-0.4, -0.2) is 75.5 Å². The molecule has 0 aliphatic rings. The number of carbonyl (C=O) groups excluding carboxylic acids is 3. The largest absolute Gasteiger partial charge is 0.544 e. The maximum atomic E-state index is 12.7. The zero-order valence-corrected chi connectivity index (χ0v) is 37.9. The number of allylic oxidation sites excluding steroid dienone is 16. The summed E-state index contributed by atoms with van der Waals surface area (Å²) >= 11 is 0. The molecule has 0 fully saturated rings. The van der Waals surface area contributed by atoms with E-state index in [2.05, 4.69) is 98.9 Å². The Morgan fingerprint density at radius 3 is 1.39 bits per heavy atom. The van der Waals surface area contributed by atoms with Gasteiger partial charge in [-0.25, -0.2) is 0 Å². The molecule has 0 bridgehead atoms. The standard InChI is InChI=1S/C51H83NO7/c1-6-8-10-12-14-16-18-20-22-24-25-26-28-30-32-34-36-38-40-42-50(54)59-47(45-57-44-43-48(51(55)56)52(3,4)5)46-58-49(53)41-39-37-35-33-31-29-27-23-21-19-17-15-13-11-9-7-2/h8-11,14-17,20-23,29,31,35,37,47-48H,6-7,12-13,18-19,24-28,30,32-34,36,38-46H2,1-5H3/b10-8+,11-9+,16-14+,17-15+,22-20+,23-21+,31-29+,37-35+. The highest BCUT2D eigenvalue weighted by atomic mass is 16.6. The minimum absolute atomic E-state index is 0.00946. The number of hydrogen-bond donors (Lipinski definition) is 0. The van der Waals surface area contributed by atoms with Crippen LogP contribution in [0.4, 0.5) is 0 Å². The molecule has 0 amide bonds. The predicted molar refractivity (Wildman–Crippen MR) is 245 cm³/mol. The van der Waals surface area contributed by atoms with Crippen LogP contribution in [0.25, 0.3) is 0 Å². The van der Waals surface area contributed by atoms with Gasteiger partial charge in [-0.2, -0.15) is 0 Å². The minimum atomic E-state index is -1.14. The molecule has 2 atom stereocenters. The lowest BCUT2D eigenvalue weighted by Gasteiger charge is -2.34. The van der Waals surface area contributed by atoms with Gasteiger partial charge < -0.3 is 28.6 Å². The van der Waals surface area contributed by atoms with Crippen LogP contribution in [0.15, 0.2) is 97.2 Å². The van der Waals surface area contributed by atoms with Gasteiger partial charge >= 0.3 is 11.9 Å². The first kappa shape index (κ1) is 55.2. The van der Waals surface area contributed by atoms with Crippen molar-refractivity contribution in [2.24, 2.45) is 0 Å². The molecule has 2 unspecified atom stereocenters. The second-order valence-electron chi connectivity index (χ2n) is 15.9. The highest BCUT2D eigenvalue weighted by Gasteiger charge is 2.25. The zero-order valence-electron chi connectivity index (χ0n) is 37.9. The molecule has 334 valence electrons. The van der Waals surface area contributed by atoms with Crippen molar-refractivity contribution in [2.75, 3.05) is 41.0 Å². The summed E-state index contributed by atoms with van der Waals surface area (Å²) in [5.74, 6) is -1.86. The fraction of sp³-hybridized carbons (Fsp3) is 0.627. The van der Waals surface area contributed by atoms with Crippen LogP contribution in [0, 0.1) is 0 Å². The van der Waals surface area contributed by atoms with Gasteiger partial charge in [-0.1, -0.05) is 156 Å². The van der Waals surface area contributed by atoms with Crippen molar-refractivity contribution in [3.8, 4) is 0 Å². The van der Waals surface area contributed by atoms with Gasteiger partial charge in [-0.15, -0.1) is 0 Å². The van der Waals surface area contributed by atoms with Gasteiger partial charge in [0.2, 0.25) is 0 Å². The van der Waals surface area contributed by atoms with E-state index >= 15 is 0 Å². The molecule has 0 aromatic rings. The number of esters is 2. The maximum Gasteiger partial charge on any atom is 0.306 e. The number of unbranched alkanes of at least 4 members (excludes halogenated alkanes) is 9. The third kappa shape index (κ3) is 39.5. The Bertz CT molecular complexity index is 1280. The smallest absolute Gasteiger partial charge is 0.306 e. The Balaban J connectivity index is 4.44. The third-order valence-electron chi connectivity index (χ3n) is 9.48. The highest BCUT2D eigenvalue weighted by Crippen LogP contribution is 2.13. The van der Waals surface area contributed by atoms with E-state index in [4.69, 9.17) is 14.2 Å². The molecule has 0 heterocycles. The molecule has 0 radical (unpaired) electrons. The van der Waals surface area contributed by atoms with E-state index in [0.717, 1.165) is 77.0 Å². The molecule has 0 saturated carbocycles. The van der Waals surface area contributed by atoms with Crippen LogP contribution in [0.1, 0.15) is 155 Å². The monoisotopic (exact) mass is 822 g/mol. The molecule has 59 heavy (non-hydrogen) atoms. The average molecular weight is 822 g/mol. The molecule has 0 aromatic heterocycles. The lowest BCUT2D eigenvalue weighted by molar-refractivity contribution is -0.889. The maximum absolute atomic E-state index is 12.7. The first-order valence-corrected chi connectivity index (χ1v) is 22.8. The van der Waals surface area contributed by atoms with Crippen LogP contribution in [-0.2, 0) is 28.6 Å². The number of carboxylic acids is 1. The van der Waals surface area contributed by atoms with E-state index in [1.54, 1.807) is 21.1 Å². The predicted octanol–water partition coefficient (Wildman–Crippen LogP) is 11.4. The van der Waals surface area contributed by atoms with Crippen LogP contribution in [0.2, 0.25) is 0 Å². The molecule has 0 aromatic carbocycles. The normalized spacial score (nSPS) is 13.8. The van der Waals surface area contributed by atoms with Crippen LogP contribution < -0.4 is 5.11 Å². The summed E-state index contributed by atoms with van der Waals surface area (Å²) in [6.07, 6.45) is 54.5. The number of hydrogen-bond acceptors (Lipinski definition) is 7. The Hall–Kier alpha value is -3.75. The number of quaternary nitrogens is 1. The van der Waals surface area contributed by atoms with Crippen LogP contribution >= 0.6 is 0 Å². The van der Waals surface area contributed by atoms with E-state index in [-0.39, 0.29) is 49.1 Å². The lowest BCUT2D eigenvalue weighted by atomic mass is 10.1. The summed E-state index contributed by atoms with van der Waals surface area (Å²) < 4.78 is 17.1. The third-order valence-corrected chi connectivity index (χ3v) is 9.48. The highest BCUT2D eigenvalue weighted by molar-refractivity contribution is 5.70. The first-order valence-electron chi connectivity index (χ1n) is 22.8. The van der Waals surface area contributed by atoms with Crippen molar-refractivity contribution < 1.29 is 38.2 Å². The number of rotatable bonds is 39. The van der Waals surface area contributed by atoms with Crippen molar-refractivity contribution >= 4 is 17.9 Å². The summed E-state index contributed by atoms with van der Waals surface area (Å²) in [7, 11) is 5.37. The lowest BCUT2D eigenvalue weighted by Crippen LogP contribution is -2.55. The van der Waals surface area contributed by atoms with Crippen molar-refractivity contribution in [1.29, 1.82) is 0 Å². The van der Waals surface area contributed by atoms with Gasteiger partial charge in [0.15, 0.2) is 6.10 Å². The molecule has 0 rings (SSSR count). The number of likely N-dealkylation sites (N-methyl/N-ethyl adjacent to an activating group) is 1. The van der Waals surface area contributed by atoms with Gasteiger partial charge in [0, 0.05) is 19.3 Å². The average Bonchev–Trinajstić information content (AvgIpc) is 3.19. The topological polar surface area (TPSA) is 102 Å². The van der Waals surface area contributed by atoms with E-state index in [1.807, 2.05) is 12.2 Å². The summed E-state index contributed by atoms with van der Waals surface area (Å²) in [6.45, 7) is 4.33. The number of ether oxygens (including phenoxy) is 3. The van der Waals surface area contributed by atoms with Gasteiger partial charge in [0.05, 0.1) is 40.3 Å². The van der Waals surface area contributed by atoms with Crippen molar-refractivity contribution in [3.63, 3.8) is 0 Å². The van der Waals surface area contributed by atoms with Crippen molar-refractivity contribution in [2.45, 2.75) is 167 Å². The van der Waals surface area contributed by atoms with Gasteiger partial charge in [0.1, 0.15) is 12.6 Å². The number of aliphatic carboxylic acids is 1. The summed E-state index contributed by atoms with van der Waals surface area (Å²) in [4.78, 5) is 36.9. The fourth-order valence-corrected chi connectivity index (χ4v) is 6.02. The summed E-state index contributed by atoms with van der Waals surface area (Å²) in [6, 6.07) is -0.743. The SMILES string of the molecule is CC/C=C/C/C=C/C/C=C/C/C=C/C/C=C/CCC(=O)OCC(COCCC(C(=O)[O-])[N+](C)(C)C)OC(=O)CCCCCCCCCCC/C=C/C/C=C/C/C=C/CC. The Labute approximate surface area is 360 Å². The quantitative estimate of drug-likeness (QED) is 0.0263. The fourth-order valence-electron chi connectivity index (χ4n) is 6.02. The van der Waals surface area contributed by atoms with E-state index in [0.29, 0.717) is 12.8 Å². The van der Waals surface area contributed by atoms with E-state index in [9.17, 15) is 19.5 Å². The number of carbonyl (C=O) groups is 3. The van der Waals surface area contributed by atoms with E-state index in [1.165, 1.54) is 38.5 Å². The minimum Gasteiger partial charge on any atom is -0.544 e. The second-order valence-corrected chi connectivity index (χ2v) is 15.9. The number of carboxylic acid groups (broad SMARTS) is 1. The molecular weight excluding hydrogens is 739 g/mol. The van der Waals surface area contributed by atoms with Crippen LogP contribution in [0.5, 0.6) is 0 Å². The summed E-state index contributed by atoms with van der Waals surface area (Å²) in [5, 5.41) is 11.6. The van der Waals surface area contributed by atoms with Crippen LogP contribution in [0.3, 0.4) is 0 Å². The van der Waals surface area contributed by atoms with Gasteiger partial charge in [-0.3, -0.25) is 9.59 Å². The first-order chi connectivity index (χ1) is 28.6. The number of nitrogens with zero attached hydrogens (tertiary/aromatic N) is 1. The molecule has 0 aliphatic carbocycles. The van der Waals surface area contributed by atoms with Gasteiger partial charge in [-0.05, 0) is 77.0 Å². The van der Waals surface area contributed by atoms with Gasteiger partial charge in [0.25, 0.3) is 0 Å². The second kappa shape index (κ2) is 41.0. The molecule has 0 aliphatic heterocycles. The molecule has 0 spiro atoms. The molecule has 8 heteroatoms. The molecule has 0 saturated heterocycles. The molecule has 8 nitrogen and oxygen atoms in total. The Morgan fingerprint density at radius 2 is 0.932 bits per heavy atom. The Morgan fingerprint density at radius 1 is 0.508 bits per heavy atom. The summed E-state index contributed by atoms with van der Waals surface area (Å²) in [5.41, 5.74) is 0. The Kier molecular flexibility index (Phi) is 38.4.